The fourth-order valence-corrected chi connectivity index (χ4v) is 5.28. The molecule has 0 radical (unpaired) electrons. The number of carbonyl (C=O) groups is 3. The fraction of sp³-hybridized carbons (Fsp3) is 0.179. The minimum Gasteiger partial charge on any atom is -0.493 e. The fourth-order valence-electron chi connectivity index (χ4n) is 5.28. The summed E-state index contributed by atoms with van der Waals surface area (Å²) in [7, 11) is 2.99. The predicted octanol–water partition coefficient (Wildman–Crippen LogP) is 4.33. The lowest BCUT2D eigenvalue weighted by Crippen LogP contribution is -2.49. The van der Waals surface area contributed by atoms with Crippen LogP contribution in [-0.4, -0.2) is 48.4 Å². The van der Waals surface area contributed by atoms with E-state index in [0.29, 0.717) is 39.6 Å². The Morgan fingerprint density at radius 1 is 0.973 bits per heavy atom. The van der Waals surface area contributed by atoms with Gasteiger partial charge in [0.05, 0.1) is 36.7 Å². The van der Waals surface area contributed by atoms with Crippen LogP contribution in [0.5, 0.6) is 11.5 Å². The second-order valence-electron chi connectivity index (χ2n) is 8.87. The van der Waals surface area contributed by atoms with Crippen molar-refractivity contribution in [3.8, 4) is 11.5 Å². The summed E-state index contributed by atoms with van der Waals surface area (Å²) in [5.74, 6) is -0.0126. The molecule has 0 saturated carbocycles. The van der Waals surface area contributed by atoms with Gasteiger partial charge >= 0.3 is 0 Å². The molecule has 0 bridgehead atoms. The number of hydrogen-bond acceptors (Lipinski definition) is 5. The van der Waals surface area contributed by atoms with Crippen molar-refractivity contribution >= 4 is 40.0 Å². The van der Waals surface area contributed by atoms with E-state index in [1.54, 1.807) is 46.2 Å². The Bertz CT molecular complexity index is 1580. The maximum absolute atomic E-state index is 13.7. The molecule has 0 spiro atoms. The van der Waals surface area contributed by atoms with Crippen LogP contribution in [0.2, 0.25) is 0 Å². The molecule has 1 atom stereocenters. The third-order valence-corrected chi connectivity index (χ3v) is 6.93. The highest BCUT2D eigenvalue weighted by molar-refractivity contribution is 6.18. The number of fused-ring (bicyclic) bond motifs is 6. The number of aromatic amines is 1. The van der Waals surface area contributed by atoms with Crippen molar-refractivity contribution in [2.24, 2.45) is 0 Å². The van der Waals surface area contributed by atoms with E-state index in [4.69, 9.17) is 9.47 Å². The molecule has 3 aromatic carbocycles. The summed E-state index contributed by atoms with van der Waals surface area (Å²) < 4.78 is 11.0. The van der Waals surface area contributed by atoms with Crippen LogP contribution in [0, 0.1) is 0 Å². The number of rotatable bonds is 6. The molecule has 2 aliphatic heterocycles. The largest absolute Gasteiger partial charge is 0.493 e. The Morgan fingerprint density at radius 3 is 2.62 bits per heavy atom. The van der Waals surface area contributed by atoms with Crippen LogP contribution in [0.25, 0.3) is 10.9 Å². The SMILES string of the molecule is COc1ccc2c(c1OC)C(=O)N1c3ccccc3C(=O)N(CCC(=O)Nc3cccc4[nH]ccc34)[C@@H]21. The molecule has 9 nitrogen and oxygen atoms in total. The minimum atomic E-state index is -0.703. The highest BCUT2D eigenvalue weighted by atomic mass is 16.5. The zero-order chi connectivity index (χ0) is 25.7. The van der Waals surface area contributed by atoms with E-state index in [9.17, 15) is 14.4 Å². The average molecular weight is 497 g/mol. The van der Waals surface area contributed by atoms with Gasteiger partial charge in [-0.2, -0.15) is 0 Å². The van der Waals surface area contributed by atoms with Gasteiger partial charge in [0.25, 0.3) is 11.8 Å². The van der Waals surface area contributed by atoms with E-state index in [1.807, 2.05) is 30.5 Å². The van der Waals surface area contributed by atoms with Crippen LogP contribution in [-0.2, 0) is 4.79 Å². The Labute approximate surface area is 212 Å². The van der Waals surface area contributed by atoms with Gasteiger partial charge in [0.1, 0.15) is 6.17 Å². The van der Waals surface area contributed by atoms with Crippen molar-refractivity contribution in [3.05, 3.63) is 83.6 Å². The van der Waals surface area contributed by atoms with Gasteiger partial charge in [0.15, 0.2) is 11.5 Å². The average Bonchev–Trinajstić information content (AvgIpc) is 3.52. The van der Waals surface area contributed by atoms with E-state index in [-0.39, 0.29) is 30.7 Å². The molecule has 3 amide bonds. The van der Waals surface area contributed by atoms with Gasteiger partial charge in [-0.05, 0) is 36.4 Å². The molecule has 37 heavy (non-hydrogen) atoms. The molecule has 2 aliphatic rings. The molecule has 0 saturated heterocycles. The Morgan fingerprint density at radius 2 is 1.81 bits per heavy atom. The van der Waals surface area contributed by atoms with Gasteiger partial charge in [0, 0.05) is 35.6 Å². The number of hydrogen-bond donors (Lipinski definition) is 2. The van der Waals surface area contributed by atoms with Gasteiger partial charge in [-0.15, -0.1) is 0 Å². The first-order valence-electron chi connectivity index (χ1n) is 11.9. The van der Waals surface area contributed by atoms with Crippen LogP contribution in [0.3, 0.4) is 0 Å². The maximum Gasteiger partial charge on any atom is 0.264 e. The van der Waals surface area contributed by atoms with Crippen molar-refractivity contribution in [2.45, 2.75) is 12.6 Å². The van der Waals surface area contributed by atoms with Crippen LogP contribution < -0.4 is 19.7 Å². The Hall–Kier alpha value is -4.79. The van der Waals surface area contributed by atoms with Crippen LogP contribution in [0.4, 0.5) is 11.4 Å². The first-order valence-corrected chi connectivity index (χ1v) is 11.9. The van der Waals surface area contributed by atoms with Gasteiger partial charge in [-0.3, -0.25) is 19.3 Å². The minimum absolute atomic E-state index is 0.0515. The molecule has 0 aliphatic carbocycles. The summed E-state index contributed by atoms with van der Waals surface area (Å²) in [4.78, 5) is 46.7. The van der Waals surface area contributed by atoms with E-state index in [0.717, 1.165) is 10.9 Å². The lowest BCUT2D eigenvalue weighted by atomic mass is 10.0. The zero-order valence-electron chi connectivity index (χ0n) is 20.3. The first-order chi connectivity index (χ1) is 18.0. The lowest BCUT2D eigenvalue weighted by molar-refractivity contribution is -0.116. The quantitative estimate of drug-likeness (QED) is 0.414. The van der Waals surface area contributed by atoms with Crippen molar-refractivity contribution in [2.75, 3.05) is 31.0 Å². The van der Waals surface area contributed by atoms with Gasteiger partial charge < -0.3 is 24.7 Å². The molecule has 4 aromatic rings. The molecule has 0 unspecified atom stereocenters. The molecule has 2 N–H and O–H groups in total. The van der Waals surface area contributed by atoms with Crippen LogP contribution in [0.1, 0.15) is 38.9 Å². The summed E-state index contributed by atoms with van der Waals surface area (Å²) in [5, 5.41) is 3.86. The second-order valence-corrected chi connectivity index (χ2v) is 8.87. The van der Waals surface area contributed by atoms with Gasteiger partial charge in [0.2, 0.25) is 5.91 Å². The summed E-state index contributed by atoms with van der Waals surface area (Å²) in [6, 6.07) is 18.0. The molecule has 186 valence electrons. The summed E-state index contributed by atoms with van der Waals surface area (Å²) >= 11 is 0. The van der Waals surface area contributed by atoms with Gasteiger partial charge in [-0.1, -0.05) is 24.3 Å². The third-order valence-electron chi connectivity index (χ3n) is 6.93. The molecule has 3 heterocycles. The third kappa shape index (κ3) is 3.42. The van der Waals surface area contributed by atoms with E-state index < -0.39 is 6.17 Å². The number of carbonyl (C=O) groups excluding carboxylic acids is 3. The lowest BCUT2D eigenvalue weighted by Gasteiger charge is -2.40. The summed E-state index contributed by atoms with van der Waals surface area (Å²) in [6.45, 7) is 0.115. The number of methoxy groups -OCH3 is 2. The number of nitrogens with one attached hydrogen (secondary N) is 2. The van der Waals surface area contributed by atoms with Crippen molar-refractivity contribution in [1.29, 1.82) is 0 Å². The predicted molar refractivity (Wildman–Crippen MR) is 138 cm³/mol. The number of para-hydroxylation sites is 1. The van der Waals surface area contributed by atoms with Gasteiger partial charge in [-0.25, -0.2) is 0 Å². The molecule has 6 rings (SSSR count). The zero-order valence-corrected chi connectivity index (χ0v) is 20.3. The first kappa shape index (κ1) is 22.7. The number of anilines is 2. The normalized spacial score (nSPS) is 15.9. The Kier molecular flexibility index (Phi) is 5.33. The second kappa shape index (κ2) is 8.70. The monoisotopic (exact) mass is 496 g/mol. The smallest absolute Gasteiger partial charge is 0.264 e. The Balaban J connectivity index is 1.35. The van der Waals surface area contributed by atoms with Crippen molar-refractivity contribution in [3.63, 3.8) is 0 Å². The highest BCUT2D eigenvalue weighted by Gasteiger charge is 2.49. The number of aromatic nitrogens is 1. The number of ether oxygens (including phenoxy) is 2. The maximum atomic E-state index is 13.7. The summed E-state index contributed by atoms with van der Waals surface area (Å²) in [5.41, 5.74) is 3.52. The topological polar surface area (TPSA) is 104 Å². The molecular weight excluding hydrogens is 472 g/mol. The number of nitrogens with zero attached hydrogens (tertiary/aromatic N) is 2. The number of amides is 3. The van der Waals surface area contributed by atoms with Crippen LogP contribution >= 0.6 is 0 Å². The summed E-state index contributed by atoms with van der Waals surface area (Å²) in [6.07, 6.45) is 1.16. The molecular formula is C28H24N4O5. The molecule has 0 fully saturated rings. The van der Waals surface area contributed by atoms with E-state index >= 15 is 0 Å². The van der Waals surface area contributed by atoms with E-state index in [2.05, 4.69) is 10.3 Å². The van der Waals surface area contributed by atoms with Crippen molar-refractivity contribution < 1.29 is 23.9 Å². The highest BCUT2D eigenvalue weighted by Crippen LogP contribution is 2.49. The van der Waals surface area contributed by atoms with E-state index in [1.165, 1.54) is 14.2 Å². The number of H-pyrrole nitrogens is 1. The van der Waals surface area contributed by atoms with Crippen molar-refractivity contribution in [1.82, 2.24) is 9.88 Å². The van der Waals surface area contributed by atoms with Crippen LogP contribution in [0.15, 0.2) is 66.9 Å². The molecule has 1 aromatic heterocycles. The standard InChI is InChI=1S/C28H24N4O5/c1-36-22-11-10-18-24(25(22)37-2)28(35)32-21-9-4-3-6-17(21)27(34)31(26(18)32)15-13-23(33)30-20-8-5-7-19-16(20)12-14-29-19/h3-12,14,26,29H,13,15H2,1-2H3,(H,30,33)/t26-/m1/s1. The molecule has 9 heteroatoms. The number of benzene rings is 3.